The molecule has 92 valence electrons. The molecule has 1 saturated carbocycles. The van der Waals surface area contributed by atoms with Crippen molar-refractivity contribution in [2.45, 2.75) is 44.3 Å². The van der Waals surface area contributed by atoms with E-state index in [2.05, 4.69) is 6.92 Å². The first-order valence-corrected chi connectivity index (χ1v) is 6.24. The number of benzene rings is 1. The maximum atomic E-state index is 13.2. The molecular formula is C14H17FO2. The topological polar surface area (TPSA) is 29.5 Å². The van der Waals surface area contributed by atoms with E-state index in [0.29, 0.717) is 18.1 Å². The Morgan fingerprint density at radius 2 is 2.24 bits per heavy atom. The molecule has 1 aromatic carbocycles. The van der Waals surface area contributed by atoms with E-state index in [4.69, 9.17) is 4.74 Å². The first-order valence-electron chi connectivity index (χ1n) is 6.24. The lowest BCUT2D eigenvalue weighted by molar-refractivity contribution is -0.0118. The van der Waals surface area contributed by atoms with Crippen LogP contribution in [0.1, 0.15) is 44.3 Å². The monoisotopic (exact) mass is 236 g/mol. The molecule has 1 N–H and O–H groups in total. The third-order valence-corrected chi connectivity index (χ3v) is 4.04. The summed E-state index contributed by atoms with van der Waals surface area (Å²) < 4.78 is 19.2. The third kappa shape index (κ3) is 1.82. The number of aliphatic hydroxyl groups is 1. The average molecular weight is 236 g/mol. The predicted molar refractivity (Wildman–Crippen MR) is 62.4 cm³/mol. The smallest absolute Gasteiger partial charge is 0.128 e. The second-order valence-corrected chi connectivity index (χ2v) is 5.54. The summed E-state index contributed by atoms with van der Waals surface area (Å²) in [5, 5.41) is 10.2. The summed E-state index contributed by atoms with van der Waals surface area (Å²) in [4.78, 5) is 0. The molecule has 2 unspecified atom stereocenters. The summed E-state index contributed by atoms with van der Waals surface area (Å²) >= 11 is 0. The van der Waals surface area contributed by atoms with E-state index in [1.165, 1.54) is 12.1 Å². The van der Waals surface area contributed by atoms with Gasteiger partial charge < -0.3 is 9.84 Å². The summed E-state index contributed by atoms with van der Waals surface area (Å²) in [6.07, 6.45) is 3.15. The van der Waals surface area contributed by atoms with Crippen LogP contribution in [0.4, 0.5) is 4.39 Å². The first kappa shape index (κ1) is 11.0. The Labute approximate surface area is 100 Å². The molecule has 0 radical (unpaired) electrons. The molecule has 0 bridgehead atoms. The second-order valence-electron chi connectivity index (χ2n) is 5.54. The minimum Gasteiger partial charge on any atom is -0.487 e. The van der Waals surface area contributed by atoms with E-state index in [1.54, 1.807) is 6.07 Å². The van der Waals surface area contributed by atoms with Crippen molar-refractivity contribution in [2.24, 2.45) is 5.92 Å². The van der Waals surface area contributed by atoms with Gasteiger partial charge in [0.2, 0.25) is 0 Å². The van der Waals surface area contributed by atoms with Gasteiger partial charge in [-0.25, -0.2) is 4.39 Å². The molecule has 2 nitrogen and oxygen atoms in total. The quantitative estimate of drug-likeness (QED) is 0.749. The van der Waals surface area contributed by atoms with Gasteiger partial charge in [-0.2, -0.15) is 0 Å². The highest BCUT2D eigenvalue weighted by Crippen LogP contribution is 2.48. The standard InChI is InChI=1S/C14H17FO2/c1-9-4-5-14(7-9)8-12(16)11-3-2-10(15)6-13(11)17-14/h2-3,6,9,12,16H,4-5,7-8H2,1H3/t9?,12-,14?/m0/s1. The molecule has 0 aromatic heterocycles. The second kappa shape index (κ2) is 3.70. The molecule has 3 rings (SSSR count). The summed E-state index contributed by atoms with van der Waals surface area (Å²) in [7, 11) is 0. The van der Waals surface area contributed by atoms with Crippen molar-refractivity contribution < 1.29 is 14.2 Å². The number of rotatable bonds is 0. The van der Waals surface area contributed by atoms with Crippen molar-refractivity contribution in [2.75, 3.05) is 0 Å². The average Bonchev–Trinajstić information content (AvgIpc) is 2.58. The number of hydrogen-bond acceptors (Lipinski definition) is 2. The molecule has 0 amide bonds. The zero-order valence-corrected chi connectivity index (χ0v) is 9.95. The van der Waals surface area contributed by atoms with Crippen LogP contribution in [0.3, 0.4) is 0 Å². The van der Waals surface area contributed by atoms with Gasteiger partial charge in [0.1, 0.15) is 17.2 Å². The van der Waals surface area contributed by atoms with Gasteiger partial charge in [0.15, 0.2) is 0 Å². The van der Waals surface area contributed by atoms with Gasteiger partial charge in [0, 0.05) is 18.1 Å². The minimum atomic E-state index is -0.523. The van der Waals surface area contributed by atoms with Crippen LogP contribution in [-0.4, -0.2) is 10.7 Å². The normalized spacial score (nSPS) is 35.7. The van der Waals surface area contributed by atoms with Gasteiger partial charge >= 0.3 is 0 Å². The zero-order chi connectivity index (χ0) is 12.0. The summed E-state index contributed by atoms with van der Waals surface area (Å²) in [5.74, 6) is 0.842. The van der Waals surface area contributed by atoms with Gasteiger partial charge in [-0.1, -0.05) is 6.92 Å². The Morgan fingerprint density at radius 1 is 1.41 bits per heavy atom. The molecule has 1 aliphatic heterocycles. The highest BCUT2D eigenvalue weighted by atomic mass is 19.1. The zero-order valence-electron chi connectivity index (χ0n) is 9.95. The van der Waals surface area contributed by atoms with Crippen molar-refractivity contribution in [1.82, 2.24) is 0 Å². The van der Waals surface area contributed by atoms with E-state index in [-0.39, 0.29) is 11.4 Å². The van der Waals surface area contributed by atoms with Crippen LogP contribution < -0.4 is 4.74 Å². The number of hydrogen-bond donors (Lipinski definition) is 1. The number of halogens is 1. The number of fused-ring (bicyclic) bond motifs is 1. The van der Waals surface area contributed by atoms with Gasteiger partial charge in [-0.15, -0.1) is 0 Å². The molecule has 17 heavy (non-hydrogen) atoms. The lowest BCUT2D eigenvalue weighted by atomic mass is 9.87. The molecular weight excluding hydrogens is 219 g/mol. The minimum absolute atomic E-state index is 0.264. The highest BCUT2D eigenvalue weighted by molar-refractivity contribution is 5.38. The maximum Gasteiger partial charge on any atom is 0.128 e. The molecule has 3 heteroatoms. The maximum absolute atomic E-state index is 13.2. The van der Waals surface area contributed by atoms with Crippen LogP contribution in [0.15, 0.2) is 18.2 Å². The van der Waals surface area contributed by atoms with Gasteiger partial charge in [-0.05, 0) is 37.3 Å². The molecule has 1 spiro atoms. The van der Waals surface area contributed by atoms with Crippen LogP contribution in [-0.2, 0) is 0 Å². The third-order valence-electron chi connectivity index (χ3n) is 4.04. The molecule has 3 atom stereocenters. The summed E-state index contributed by atoms with van der Waals surface area (Å²) in [6, 6.07) is 4.39. The van der Waals surface area contributed by atoms with E-state index < -0.39 is 6.10 Å². The molecule has 1 aromatic rings. The fraction of sp³-hybridized carbons (Fsp3) is 0.571. The number of aliphatic hydroxyl groups excluding tert-OH is 1. The Morgan fingerprint density at radius 3 is 2.94 bits per heavy atom. The van der Waals surface area contributed by atoms with Crippen molar-refractivity contribution in [1.29, 1.82) is 0 Å². The van der Waals surface area contributed by atoms with Crippen LogP contribution in [0.2, 0.25) is 0 Å². The summed E-state index contributed by atoms with van der Waals surface area (Å²) in [5.41, 5.74) is 0.455. The molecule has 1 fully saturated rings. The molecule has 1 heterocycles. The fourth-order valence-electron chi connectivity index (χ4n) is 3.24. The van der Waals surface area contributed by atoms with E-state index in [9.17, 15) is 9.50 Å². The largest absolute Gasteiger partial charge is 0.487 e. The van der Waals surface area contributed by atoms with Crippen LogP contribution in [0.25, 0.3) is 0 Å². The van der Waals surface area contributed by atoms with Crippen molar-refractivity contribution in [3.8, 4) is 5.75 Å². The van der Waals surface area contributed by atoms with Gasteiger partial charge in [0.05, 0.1) is 6.10 Å². The lowest BCUT2D eigenvalue weighted by Gasteiger charge is -2.38. The molecule has 0 saturated heterocycles. The Hall–Kier alpha value is -1.09. The van der Waals surface area contributed by atoms with E-state index in [0.717, 1.165) is 24.8 Å². The lowest BCUT2D eigenvalue weighted by Crippen LogP contribution is -2.38. The Bertz CT molecular complexity index is 446. The highest BCUT2D eigenvalue weighted by Gasteiger charge is 2.45. The Balaban J connectivity index is 1.97. The first-order chi connectivity index (χ1) is 8.08. The summed E-state index contributed by atoms with van der Waals surface area (Å²) in [6.45, 7) is 2.20. The van der Waals surface area contributed by atoms with Crippen LogP contribution >= 0.6 is 0 Å². The van der Waals surface area contributed by atoms with Crippen molar-refractivity contribution in [3.05, 3.63) is 29.6 Å². The van der Waals surface area contributed by atoms with Crippen LogP contribution in [0.5, 0.6) is 5.75 Å². The van der Waals surface area contributed by atoms with Crippen molar-refractivity contribution in [3.63, 3.8) is 0 Å². The predicted octanol–water partition coefficient (Wildman–Crippen LogP) is 3.20. The molecule has 1 aliphatic carbocycles. The fourth-order valence-corrected chi connectivity index (χ4v) is 3.24. The van der Waals surface area contributed by atoms with E-state index in [1.807, 2.05) is 0 Å². The Kier molecular flexibility index (Phi) is 2.40. The van der Waals surface area contributed by atoms with Gasteiger partial charge in [-0.3, -0.25) is 0 Å². The molecule has 2 aliphatic rings. The van der Waals surface area contributed by atoms with Gasteiger partial charge in [0.25, 0.3) is 0 Å². The SMILES string of the molecule is CC1CCC2(C1)C[C@H](O)c1ccc(F)cc1O2. The van der Waals surface area contributed by atoms with E-state index >= 15 is 0 Å². The van der Waals surface area contributed by atoms with Crippen molar-refractivity contribution >= 4 is 0 Å². The van der Waals surface area contributed by atoms with Crippen LogP contribution in [0, 0.1) is 11.7 Å². The number of ether oxygens (including phenoxy) is 1.